The lowest BCUT2D eigenvalue weighted by Crippen LogP contribution is -2.19. The molecule has 0 aliphatic heterocycles. The van der Waals surface area contributed by atoms with Gasteiger partial charge in [-0.3, -0.25) is 4.79 Å². The molecule has 0 saturated carbocycles. The Labute approximate surface area is 78.5 Å². The minimum atomic E-state index is -0.522. The molecule has 0 unspecified atom stereocenters. The summed E-state index contributed by atoms with van der Waals surface area (Å²) < 4.78 is 4.22. The Hall–Kier alpha value is 0.170. The van der Waals surface area contributed by atoms with Crippen LogP contribution in [0.5, 0.6) is 0 Å². The van der Waals surface area contributed by atoms with Crippen LogP contribution in [-0.2, 0) is 9.53 Å². The first-order valence-electron chi connectivity index (χ1n) is 3.62. The fourth-order valence-electron chi connectivity index (χ4n) is 0.568. The van der Waals surface area contributed by atoms with Gasteiger partial charge in [-0.25, -0.2) is 0 Å². The van der Waals surface area contributed by atoms with E-state index in [9.17, 15) is 4.79 Å². The first kappa shape index (κ1) is 11.2. The summed E-state index contributed by atoms with van der Waals surface area (Å²) in [5.74, 6) is -0.237. The molecular weight excluding hydrogens is 180 g/mol. The third-order valence-electron chi connectivity index (χ3n) is 1.30. The van der Waals surface area contributed by atoms with E-state index in [0.717, 1.165) is 6.42 Å². The van der Waals surface area contributed by atoms with Gasteiger partial charge < -0.3 is 4.74 Å². The van der Waals surface area contributed by atoms with E-state index in [1.807, 2.05) is 6.92 Å². The highest BCUT2D eigenvalue weighted by Gasteiger charge is 2.22. The Bertz CT molecular complexity index is 134. The second kappa shape index (κ2) is 4.93. The fourth-order valence-corrected chi connectivity index (χ4v) is 0.826. The molecule has 0 spiro atoms. The molecule has 0 aromatic heterocycles. The predicted molar refractivity (Wildman–Crippen MR) is 52.2 cm³/mol. The standard InChI is InChI=1S/C7H14O2S2/c1-3-7(10,11)5-6(8)9-4-2/h10-11H,3-5H2,1-2H3. The Kier molecular flexibility index (Phi) is 5.01. The van der Waals surface area contributed by atoms with Crippen molar-refractivity contribution in [1.82, 2.24) is 0 Å². The Morgan fingerprint density at radius 2 is 2.00 bits per heavy atom. The van der Waals surface area contributed by atoms with E-state index in [4.69, 9.17) is 4.74 Å². The number of carbonyl (C=O) groups is 1. The maximum Gasteiger partial charge on any atom is 0.308 e. The minimum absolute atomic E-state index is 0.237. The number of ether oxygens (including phenoxy) is 1. The topological polar surface area (TPSA) is 26.3 Å². The zero-order valence-electron chi connectivity index (χ0n) is 6.83. The maximum atomic E-state index is 10.9. The number of esters is 1. The molecule has 0 heterocycles. The predicted octanol–water partition coefficient (Wildman–Crippen LogP) is 1.91. The molecule has 0 aromatic rings. The molecule has 0 fully saturated rings. The molecular formula is C7H14O2S2. The summed E-state index contributed by atoms with van der Waals surface area (Å²) in [6.07, 6.45) is 0.988. The van der Waals surface area contributed by atoms with Crippen LogP contribution in [0.2, 0.25) is 0 Å². The number of hydrogen-bond acceptors (Lipinski definition) is 4. The largest absolute Gasteiger partial charge is 0.466 e. The van der Waals surface area contributed by atoms with E-state index < -0.39 is 4.08 Å². The van der Waals surface area contributed by atoms with E-state index in [1.54, 1.807) is 6.92 Å². The second-order valence-electron chi connectivity index (χ2n) is 2.32. The van der Waals surface area contributed by atoms with Gasteiger partial charge in [0, 0.05) is 0 Å². The maximum absolute atomic E-state index is 10.9. The van der Waals surface area contributed by atoms with E-state index >= 15 is 0 Å². The van der Waals surface area contributed by atoms with Gasteiger partial charge in [0.05, 0.1) is 17.1 Å². The molecule has 2 nitrogen and oxygen atoms in total. The van der Waals surface area contributed by atoms with E-state index in [2.05, 4.69) is 25.3 Å². The summed E-state index contributed by atoms with van der Waals surface area (Å²) in [5.41, 5.74) is 0. The van der Waals surface area contributed by atoms with E-state index in [-0.39, 0.29) is 12.4 Å². The van der Waals surface area contributed by atoms with Crippen molar-refractivity contribution >= 4 is 31.2 Å². The van der Waals surface area contributed by atoms with Crippen LogP contribution in [0.15, 0.2) is 0 Å². The SMILES string of the molecule is CCOC(=O)CC(S)(S)CC. The van der Waals surface area contributed by atoms with Gasteiger partial charge in [-0.1, -0.05) is 6.92 Å². The zero-order valence-corrected chi connectivity index (χ0v) is 8.62. The van der Waals surface area contributed by atoms with Crippen LogP contribution in [-0.4, -0.2) is 16.7 Å². The smallest absolute Gasteiger partial charge is 0.308 e. The molecule has 0 aliphatic rings. The molecule has 0 aliphatic carbocycles. The Balaban J connectivity index is 3.74. The fraction of sp³-hybridized carbons (Fsp3) is 0.857. The number of hydrogen-bond donors (Lipinski definition) is 2. The van der Waals surface area contributed by atoms with Gasteiger partial charge in [0.25, 0.3) is 0 Å². The molecule has 0 radical (unpaired) electrons. The zero-order chi connectivity index (χ0) is 8.91. The quantitative estimate of drug-likeness (QED) is 0.406. The van der Waals surface area contributed by atoms with Crippen molar-refractivity contribution in [3.63, 3.8) is 0 Å². The summed E-state index contributed by atoms with van der Waals surface area (Å²) in [7, 11) is 0. The lowest BCUT2D eigenvalue weighted by Gasteiger charge is -2.18. The second-order valence-corrected chi connectivity index (χ2v) is 4.38. The van der Waals surface area contributed by atoms with E-state index in [1.165, 1.54) is 0 Å². The number of rotatable bonds is 4. The van der Waals surface area contributed by atoms with Gasteiger partial charge >= 0.3 is 5.97 Å². The number of thiol groups is 2. The van der Waals surface area contributed by atoms with Gasteiger partial charge in [0.1, 0.15) is 0 Å². The van der Waals surface area contributed by atoms with Crippen LogP contribution in [0.4, 0.5) is 0 Å². The summed E-state index contributed by atoms with van der Waals surface area (Å²) in [6.45, 7) is 4.13. The van der Waals surface area contributed by atoms with Crippen LogP contribution in [0.1, 0.15) is 26.7 Å². The Morgan fingerprint density at radius 3 is 2.36 bits per heavy atom. The van der Waals surface area contributed by atoms with Gasteiger partial charge in [0.2, 0.25) is 0 Å². The highest BCUT2D eigenvalue weighted by molar-refractivity contribution is 8.00. The van der Waals surface area contributed by atoms with Crippen molar-refractivity contribution in [1.29, 1.82) is 0 Å². The molecule has 0 aromatic carbocycles. The minimum Gasteiger partial charge on any atom is -0.466 e. The van der Waals surface area contributed by atoms with Gasteiger partial charge in [-0.15, -0.1) is 0 Å². The van der Waals surface area contributed by atoms with Crippen molar-refractivity contribution in [2.45, 2.75) is 30.8 Å². The molecule has 0 N–H and O–H groups in total. The lowest BCUT2D eigenvalue weighted by molar-refractivity contribution is -0.143. The first-order valence-corrected chi connectivity index (χ1v) is 4.51. The molecule has 11 heavy (non-hydrogen) atoms. The average molecular weight is 194 g/mol. The molecule has 0 rings (SSSR count). The summed E-state index contributed by atoms with van der Waals surface area (Å²) in [5, 5.41) is 0. The van der Waals surface area contributed by atoms with Gasteiger partial charge in [0.15, 0.2) is 0 Å². The van der Waals surface area contributed by atoms with Crippen LogP contribution < -0.4 is 0 Å². The summed E-state index contributed by atoms with van der Waals surface area (Å²) in [6, 6.07) is 0. The Morgan fingerprint density at radius 1 is 1.45 bits per heavy atom. The van der Waals surface area contributed by atoms with Crippen molar-refractivity contribution in [3.8, 4) is 0 Å². The first-order chi connectivity index (χ1) is 5.02. The van der Waals surface area contributed by atoms with Gasteiger partial charge in [-0.05, 0) is 13.3 Å². The highest BCUT2D eigenvalue weighted by atomic mass is 32.2. The van der Waals surface area contributed by atoms with Gasteiger partial charge in [-0.2, -0.15) is 25.3 Å². The highest BCUT2D eigenvalue weighted by Crippen LogP contribution is 2.27. The average Bonchev–Trinajstić information content (AvgIpc) is 1.87. The molecule has 0 saturated heterocycles. The summed E-state index contributed by atoms with van der Waals surface area (Å²) >= 11 is 8.36. The molecule has 66 valence electrons. The lowest BCUT2D eigenvalue weighted by atomic mass is 10.2. The van der Waals surface area contributed by atoms with Crippen LogP contribution >= 0.6 is 25.3 Å². The monoisotopic (exact) mass is 194 g/mol. The van der Waals surface area contributed by atoms with Crippen LogP contribution in [0.3, 0.4) is 0 Å². The van der Waals surface area contributed by atoms with E-state index in [0.29, 0.717) is 6.61 Å². The van der Waals surface area contributed by atoms with Crippen molar-refractivity contribution in [3.05, 3.63) is 0 Å². The molecule has 0 amide bonds. The van der Waals surface area contributed by atoms with Crippen LogP contribution in [0, 0.1) is 0 Å². The molecule has 0 atom stereocenters. The van der Waals surface area contributed by atoms with Crippen LogP contribution in [0.25, 0.3) is 0 Å². The third kappa shape index (κ3) is 5.44. The van der Waals surface area contributed by atoms with Crippen molar-refractivity contribution in [2.75, 3.05) is 6.61 Å². The normalized spacial score (nSPS) is 11.3. The number of carbonyl (C=O) groups excluding carboxylic acids is 1. The third-order valence-corrected chi connectivity index (χ3v) is 2.25. The molecule has 0 bridgehead atoms. The summed E-state index contributed by atoms with van der Waals surface area (Å²) in [4.78, 5) is 10.9. The molecule has 4 heteroatoms. The van der Waals surface area contributed by atoms with Crippen molar-refractivity contribution < 1.29 is 9.53 Å². The van der Waals surface area contributed by atoms with Crippen molar-refractivity contribution in [2.24, 2.45) is 0 Å².